The molecule has 86 valence electrons. The summed E-state index contributed by atoms with van der Waals surface area (Å²) in [7, 11) is 0. The van der Waals surface area contributed by atoms with Gasteiger partial charge in [0.25, 0.3) is 5.91 Å². The molecule has 0 aliphatic carbocycles. The van der Waals surface area contributed by atoms with E-state index in [0.29, 0.717) is 11.3 Å². The normalized spacial score (nSPS) is 11.8. The largest absolute Gasteiger partial charge is 0.348 e. The summed E-state index contributed by atoms with van der Waals surface area (Å²) in [5.41, 5.74) is 0.776. The Balaban J connectivity index is 2.66. The predicted octanol–water partition coefficient (Wildman–Crippen LogP) is 1.63. The zero-order chi connectivity index (χ0) is 12.0. The van der Waals surface area contributed by atoms with Crippen LogP contribution in [0.4, 0.5) is 0 Å². The number of terminal acetylenes is 1. The number of nitrogens with one attached hydrogen (secondary N) is 1. The van der Waals surface area contributed by atoms with Crippen LogP contribution in [0.1, 0.15) is 42.1 Å². The Morgan fingerprint density at radius 1 is 1.69 bits per heavy atom. The maximum absolute atomic E-state index is 11.8. The highest BCUT2D eigenvalue weighted by molar-refractivity contribution is 7.08. The number of aryl methyl sites for hydroxylation is 1. The molecule has 0 aromatic carbocycles. The van der Waals surface area contributed by atoms with Crippen molar-refractivity contribution in [2.24, 2.45) is 0 Å². The van der Waals surface area contributed by atoms with E-state index in [2.05, 4.69) is 20.8 Å². The van der Waals surface area contributed by atoms with Crippen LogP contribution in [0.2, 0.25) is 0 Å². The third kappa shape index (κ3) is 3.31. The number of carbonyl (C=O) groups is 1. The number of hydrogen-bond acceptors (Lipinski definition) is 4. The lowest BCUT2D eigenvalue weighted by atomic mass is 10.2. The van der Waals surface area contributed by atoms with E-state index >= 15 is 0 Å². The molecule has 0 bridgehead atoms. The van der Waals surface area contributed by atoms with Gasteiger partial charge in [0.2, 0.25) is 0 Å². The molecule has 1 atom stereocenters. The number of aromatic nitrogens is 2. The molecule has 0 fully saturated rings. The molecule has 1 amide bonds. The molecule has 0 spiro atoms. The SMILES string of the molecule is C#CCC(C)NC(=O)c1snnc1CCC. The molecule has 1 N–H and O–H groups in total. The van der Waals surface area contributed by atoms with Gasteiger partial charge in [0.15, 0.2) is 0 Å². The first-order chi connectivity index (χ1) is 7.69. The van der Waals surface area contributed by atoms with Gasteiger partial charge >= 0.3 is 0 Å². The fourth-order valence-corrected chi connectivity index (χ4v) is 1.91. The van der Waals surface area contributed by atoms with Gasteiger partial charge in [-0.25, -0.2) is 0 Å². The Hall–Kier alpha value is -1.41. The lowest BCUT2D eigenvalue weighted by molar-refractivity contribution is 0.0944. The fraction of sp³-hybridized carbons (Fsp3) is 0.545. The maximum atomic E-state index is 11.8. The first-order valence-electron chi connectivity index (χ1n) is 5.24. The van der Waals surface area contributed by atoms with E-state index in [4.69, 9.17) is 6.42 Å². The lowest BCUT2D eigenvalue weighted by Crippen LogP contribution is -2.32. The Labute approximate surface area is 99.6 Å². The van der Waals surface area contributed by atoms with E-state index in [1.54, 1.807) is 0 Å². The van der Waals surface area contributed by atoms with Crippen LogP contribution in [0.25, 0.3) is 0 Å². The van der Waals surface area contributed by atoms with Crippen LogP contribution in [0, 0.1) is 12.3 Å². The van der Waals surface area contributed by atoms with E-state index in [1.807, 2.05) is 13.8 Å². The zero-order valence-electron chi connectivity index (χ0n) is 9.49. The second-order valence-electron chi connectivity index (χ2n) is 3.58. The fourth-order valence-electron chi connectivity index (χ4n) is 1.30. The van der Waals surface area contributed by atoms with Crippen molar-refractivity contribution in [3.05, 3.63) is 10.6 Å². The summed E-state index contributed by atoms with van der Waals surface area (Å²) in [6.07, 6.45) is 7.44. The Kier molecular flexibility index (Phi) is 4.93. The molecule has 16 heavy (non-hydrogen) atoms. The number of hydrogen-bond donors (Lipinski definition) is 1. The average molecular weight is 237 g/mol. The van der Waals surface area contributed by atoms with E-state index in [9.17, 15) is 4.79 Å². The first-order valence-corrected chi connectivity index (χ1v) is 6.01. The summed E-state index contributed by atoms with van der Waals surface area (Å²) in [6.45, 7) is 3.92. The van der Waals surface area contributed by atoms with Crippen molar-refractivity contribution in [3.8, 4) is 12.3 Å². The minimum absolute atomic E-state index is 0.0194. The molecular weight excluding hydrogens is 222 g/mol. The molecule has 4 nitrogen and oxygen atoms in total. The number of amides is 1. The molecule has 1 rings (SSSR count). The molecule has 0 aliphatic heterocycles. The molecule has 0 aliphatic rings. The van der Waals surface area contributed by atoms with Gasteiger partial charge in [0.1, 0.15) is 4.88 Å². The van der Waals surface area contributed by atoms with Crippen LogP contribution < -0.4 is 5.32 Å². The van der Waals surface area contributed by atoms with Crippen molar-refractivity contribution in [1.82, 2.24) is 14.9 Å². The van der Waals surface area contributed by atoms with Crippen molar-refractivity contribution in [1.29, 1.82) is 0 Å². The highest BCUT2D eigenvalue weighted by atomic mass is 32.1. The third-order valence-electron chi connectivity index (χ3n) is 2.05. The van der Waals surface area contributed by atoms with Crippen LogP contribution in [0.15, 0.2) is 0 Å². The summed E-state index contributed by atoms with van der Waals surface area (Å²) >= 11 is 1.13. The van der Waals surface area contributed by atoms with Crippen LogP contribution in [-0.4, -0.2) is 21.5 Å². The Morgan fingerprint density at radius 3 is 3.06 bits per heavy atom. The van der Waals surface area contributed by atoms with E-state index in [-0.39, 0.29) is 11.9 Å². The Morgan fingerprint density at radius 2 is 2.44 bits per heavy atom. The van der Waals surface area contributed by atoms with Gasteiger partial charge in [-0.1, -0.05) is 17.8 Å². The monoisotopic (exact) mass is 237 g/mol. The second kappa shape index (κ2) is 6.23. The molecule has 1 aromatic heterocycles. The lowest BCUT2D eigenvalue weighted by Gasteiger charge is -2.09. The van der Waals surface area contributed by atoms with E-state index in [1.165, 1.54) is 0 Å². The van der Waals surface area contributed by atoms with Gasteiger partial charge in [0, 0.05) is 12.5 Å². The maximum Gasteiger partial charge on any atom is 0.265 e. The molecule has 1 heterocycles. The minimum Gasteiger partial charge on any atom is -0.348 e. The van der Waals surface area contributed by atoms with Gasteiger partial charge in [-0.3, -0.25) is 4.79 Å². The number of nitrogens with zero attached hydrogens (tertiary/aromatic N) is 2. The van der Waals surface area contributed by atoms with Gasteiger partial charge < -0.3 is 5.32 Å². The smallest absolute Gasteiger partial charge is 0.265 e. The standard InChI is InChI=1S/C11H15N3OS/c1-4-6-8(3)12-11(15)10-9(7-5-2)13-14-16-10/h1,8H,5-7H2,2-3H3,(H,12,15). The number of rotatable bonds is 5. The topological polar surface area (TPSA) is 54.9 Å². The highest BCUT2D eigenvalue weighted by Gasteiger charge is 2.16. The van der Waals surface area contributed by atoms with E-state index < -0.39 is 0 Å². The minimum atomic E-state index is -0.124. The summed E-state index contributed by atoms with van der Waals surface area (Å²) in [4.78, 5) is 12.4. The Bertz CT molecular complexity index is 394. The summed E-state index contributed by atoms with van der Waals surface area (Å²) in [6, 6.07) is -0.0194. The zero-order valence-corrected chi connectivity index (χ0v) is 10.3. The van der Waals surface area contributed by atoms with Crippen molar-refractivity contribution in [3.63, 3.8) is 0 Å². The summed E-state index contributed by atoms with van der Waals surface area (Å²) in [5, 5.41) is 6.78. The van der Waals surface area contributed by atoms with Crippen molar-refractivity contribution < 1.29 is 4.79 Å². The molecule has 1 unspecified atom stereocenters. The van der Waals surface area contributed by atoms with Crippen molar-refractivity contribution in [2.45, 2.75) is 39.2 Å². The van der Waals surface area contributed by atoms with Crippen molar-refractivity contribution in [2.75, 3.05) is 0 Å². The molecule has 1 aromatic rings. The predicted molar refractivity (Wildman–Crippen MR) is 64.3 cm³/mol. The van der Waals surface area contributed by atoms with E-state index in [0.717, 1.165) is 30.1 Å². The van der Waals surface area contributed by atoms with Crippen LogP contribution >= 0.6 is 11.5 Å². The number of carbonyl (C=O) groups excluding carboxylic acids is 1. The summed E-state index contributed by atoms with van der Waals surface area (Å²) in [5.74, 6) is 2.39. The molecule has 5 heteroatoms. The van der Waals surface area contributed by atoms with Gasteiger partial charge in [-0.15, -0.1) is 17.4 Å². The van der Waals surface area contributed by atoms with Gasteiger partial charge in [0.05, 0.1) is 5.69 Å². The second-order valence-corrected chi connectivity index (χ2v) is 4.34. The highest BCUT2D eigenvalue weighted by Crippen LogP contribution is 2.12. The molecule has 0 radical (unpaired) electrons. The summed E-state index contributed by atoms with van der Waals surface area (Å²) < 4.78 is 3.81. The molecule has 0 saturated heterocycles. The van der Waals surface area contributed by atoms with Gasteiger partial charge in [-0.05, 0) is 24.9 Å². The first kappa shape index (κ1) is 12.7. The molecule has 0 saturated carbocycles. The van der Waals surface area contributed by atoms with Gasteiger partial charge in [-0.2, -0.15) is 0 Å². The van der Waals surface area contributed by atoms with Crippen LogP contribution in [0.5, 0.6) is 0 Å². The third-order valence-corrected chi connectivity index (χ3v) is 2.82. The van der Waals surface area contributed by atoms with Crippen molar-refractivity contribution >= 4 is 17.4 Å². The average Bonchev–Trinajstić information content (AvgIpc) is 2.66. The quantitative estimate of drug-likeness (QED) is 0.792. The van der Waals surface area contributed by atoms with Crippen LogP contribution in [-0.2, 0) is 6.42 Å². The van der Waals surface area contributed by atoms with Crippen LogP contribution in [0.3, 0.4) is 0 Å². The molecular formula is C11H15N3OS.